The first kappa shape index (κ1) is 24.5. The predicted molar refractivity (Wildman–Crippen MR) is 135 cm³/mol. The van der Waals surface area contributed by atoms with Gasteiger partial charge in [0.05, 0.1) is 24.3 Å². The molecule has 0 aromatic heterocycles. The fraction of sp³-hybridized carbons (Fsp3) is 0.308. The van der Waals surface area contributed by atoms with Crippen molar-refractivity contribution in [2.24, 2.45) is 0 Å². The number of hydrogen-bond donors (Lipinski definition) is 3. The number of benzene rings is 3. The van der Waals surface area contributed by atoms with Gasteiger partial charge in [-0.05, 0) is 67.1 Å². The topological polar surface area (TPSA) is 87.7 Å². The summed E-state index contributed by atoms with van der Waals surface area (Å²) >= 11 is 6.43. The van der Waals surface area contributed by atoms with Crippen LogP contribution in [0.15, 0.2) is 77.7 Å². The number of nitrogens with one attached hydrogen (secondary N) is 2. The van der Waals surface area contributed by atoms with Crippen molar-refractivity contribution in [3.05, 3.63) is 88.9 Å². The third-order valence-electron chi connectivity index (χ3n) is 6.12. The van der Waals surface area contributed by atoms with Crippen molar-refractivity contribution in [3.8, 4) is 5.75 Å². The molecule has 0 heterocycles. The first-order valence-corrected chi connectivity index (χ1v) is 13.2. The minimum atomic E-state index is -3.84. The molecule has 3 atom stereocenters. The fourth-order valence-electron chi connectivity index (χ4n) is 4.32. The fourth-order valence-corrected chi connectivity index (χ4v) is 6.17. The molecule has 6 nitrogen and oxygen atoms in total. The van der Waals surface area contributed by atoms with Gasteiger partial charge in [0.2, 0.25) is 10.0 Å². The van der Waals surface area contributed by atoms with E-state index in [-0.39, 0.29) is 16.0 Å². The predicted octanol–water partition coefficient (Wildman–Crippen LogP) is 4.94. The number of ether oxygens (including phenoxy) is 1. The first-order valence-electron chi connectivity index (χ1n) is 11.3. The Morgan fingerprint density at radius 2 is 1.85 bits per heavy atom. The van der Waals surface area contributed by atoms with E-state index in [1.54, 1.807) is 19.2 Å². The van der Waals surface area contributed by atoms with Crippen LogP contribution in [0.4, 0.5) is 5.69 Å². The second-order valence-electron chi connectivity index (χ2n) is 8.53. The first-order chi connectivity index (χ1) is 16.4. The van der Waals surface area contributed by atoms with Gasteiger partial charge in [-0.25, -0.2) is 13.1 Å². The highest BCUT2D eigenvalue weighted by molar-refractivity contribution is 7.89. The van der Waals surface area contributed by atoms with Crippen LogP contribution in [0.3, 0.4) is 0 Å². The molecule has 0 aliphatic heterocycles. The Kier molecular flexibility index (Phi) is 7.78. The van der Waals surface area contributed by atoms with Gasteiger partial charge in [0.1, 0.15) is 10.6 Å². The van der Waals surface area contributed by atoms with Crippen LogP contribution in [-0.4, -0.2) is 32.8 Å². The van der Waals surface area contributed by atoms with Crippen molar-refractivity contribution >= 4 is 27.3 Å². The monoisotopic (exact) mass is 500 g/mol. The number of methoxy groups -OCH3 is 1. The van der Waals surface area contributed by atoms with Crippen molar-refractivity contribution in [3.63, 3.8) is 0 Å². The summed E-state index contributed by atoms with van der Waals surface area (Å²) in [5.74, 6) is 0.793. The van der Waals surface area contributed by atoms with Crippen molar-refractivity contribution in [1.29, 1.82) is 0 Å². The van der Waals surface area contributed by atoms with E-state index in [4.69, 9.17) is 16.3 Å². The van der Waals surface area contributed by atoms with Crippen LogP contribution in [-0.2, 0) is 16.4 Å². The highest BCUT2D eigenvalue weighted by Gasteiger charge is 2.30. The Bertz CT molecular complexity index is 1220. The van der Waals surface area contributed by atoms with Gasteiger partial charge in [-0.15, -0.1) is 0 Å². The third-order valence-corrected chi connectivity index (χ3v) is 8.10. The lowest BCUT2D eigenvalue weighted by atomic mass is 9.98. The lowest BCUT2D eigenvalue weighted by Gasteiger charge is -2.22. The average molecular weight is 501 g/mol. The molecule has 1 fully saturated rings. The zero-order chi connectivity index (χ0) is 24.1. The summed E-state index contributed by atoms with van der Waals surface area (Å²) in [6, 6.07) is 22.3. The molecule has 0 bridgehead atoms. The van der Waals surface area contributed by atoms with Crippen LogP contribution >= 0.6 is 11.6 Å². The zero-order valence-electron chi connectivity index (χ0n) is 18.9. The third kappa shape index (κ3) is 5.91. The Morgan fingerprint density at radius 3 is 2.53 bits per heavy atom. The summed E-state index contributed by atoms with van der Waals surface area (Å²) in [5.41, 5.74) is 2.90. The smallest absolute Gasteiger partial charge is 0.242 e. The Balaban J connectivity index is 1.56. The van der Waals surface area contributed by atoms with Gasteiger partial charge in [-0.1, -0.05) is 54.1 Å². The molecule has 3 aromatic carbocycles. The number of aliphatic hydroxyl groups excluding tert-OH is 1. The van der Waals surface area contributed by atoms with Crippen molar-refractivity contribution in [2.75, 3.05) is 12.4 Å². The van der Waals surface area contributed by atoms with E-state index in [1.165, 1.54) is 6.07 Å². The SMILES string of the molecule is COc1cccc(CC(Nc2ccc(S(=O)(=O)N[C@H]3CCC[C@@H]3O)c(Cl)c2)c2ccccc2)c1. The number of sulfonamides is 1. The molecule has 34 heavy (non-hydrogen) atoms. The number of anilines is 1. The molecular formula is C26H29ClN2O4S. The van der Waals surface area contributed by atoms with E-state index >= 15 is 0 Å². The zero-order valence-corrected chi connectivity index (χ0v) is 20.5. The maximum absolute atomic E-state index is 12.9. The van der Waals surface area contributed by atoms with Crippen LogP contribution in [0.5, 0.6) is 5.75 Å². The number of halogens is 1. The molecule has 0 saturated heterocycles. The minimum absolute atomic E-state index is 0.00266. The molecule has 8 heteroatoms. The van der Waals surface area contributed by atoms with Gasteiger partial charge < -0.3 is 15.2 Å². The molecule has 3 aromatic rings. The lowest BCUT2D eigenvalue weighted by molar-refractivity contribution is 0.159. The summed E-state index contributed by atoms with van der Waals surface area (Å²) in [4.78, 5) is 0.00266. The Hall–Kier alpha value is -2.58. The van der Waals surface area contributed by atoms with E-state index in [0.29, 0.717) is 24.9 Å². The largest absolute Gasteiger partial charge is 0.497 e. The van der Waals surface area contributed by atoms with E-state index in [9.17, 15) is 13.5 Å². The van der Waals surface area contributed by atoms with Gasteiger partial charge in [-0.2, -0.15) is 0 Å². The summed E-state index contributed by atoms with van der Waals surface area (Å²) in [6.07, 6.45) is 2.02. The van der Waals surface area contributed by atoms with Gasteiger partial charge in [0.15, 0.2) is 0 Å². The van der Waals surface area contributed by atoms with Crippen LogP contribution < -0.4 is 14.8 Å². The van der Waals surface area contributed by atoms with Crippen LogP contribution in [0.1, 0.15) is 36.4 Å². The molecule has 3 N–H and O–H groups in total. The van der Waals surface area contributed by atoms with Gasteiger partial charge >= 0.3 is 0 Å². The summed E-state index contributed by atoms with van der Waals surface area (Å²) in [6.45, 7) is 0. The molecule has 180 valence electrons. The highest BCUT2D eigenvalue weighted by atomic mass is 35.5. The summed E-state index contributed by atoms with van der Waals surface area (Å²) in [5, 5.41) is 13.6. The van der Waals surface area contributed by atoms with E-state index in [2.05, 4.69) is 22.2 Å². The standard InChI is InChI=1S/C26H29ClN2O4S/c1-33-21-10-5-7-18(15-21)16-24(19-8-3-2-4-9-19)28-20-13-14-26(22(27)17-20)34(31,32)29-23-11-6-12-25(23)30/h2-5,7-10,13-15,17,23-25,28-30H,6,11-12,16H2,1H3/t23-,24?,25-/m0/s1. The number of hydrogen-bond acceptors (Lipinski definition) is 5. The molecule has 0 spiro atoms. The normalized spacial score (nSPS) is 19.0. The van der Waals surface area contributed by atoms with Crippen LogP contribution in [0.25, 0.3) is 0 Å². The minimum Gasteiger partial charge on any atom is -0.497 e. The van der Waals surface area contributed by atoms with Crippen molar-refractivity contribution in [2.45, 2.75) is 48.8 Å². The molecule has 1 aliphatic carbocycles. The molecule has 0 amide bonds. The highest BCUT2D eigenvalue weighted by Crippen LogP contribution is 2.30. The van der Waals surface area contributed by atoms with E-state index in [1.807, 2.05) is 42.5 Å². The Morgan fingerprint density at radius 1 is 1.06 bits per heavy atom. The molecule has 1 unspecified atom stereocenters. The second-order valence-corrected chi connectivity index (χ2v) is 10.6. The summed E-state index contributed by atoms with van der Waals surface area (Å²) in [7, 11) is -2.20. The van der Waals surface area contributed by atoms with Crippen LogP contribution in [0, 0.1) is 0 Å². The second kappa shape index (κ2) is 10.8. The maximum Gasteiger partial charge on any atom is 0.242 e. The van der Waals surface area contributed by atoms with Gasteiger partial charge in [0.25, 0.3) is 0 Å². The quantitative estimate of drug-likeness (QED) is 0.387. The number of aliphatic hydroxyl groups is 1. The molecule has 4 rings (SSSR count). The van der Waals surface area contributed by atoms with E-state index < -0.39 is 22.2 Å². The molecular weight excluding hydrogens is 472 g/mol. The van der Waals surface area contributed by atoms with Crippen molar-refractivity contribution in [1.82, 2.24) is 4.72 Å². The van der Waals surface area contributed by atoms with Crippen molar-refractivity contribution < 1.29 is 18.3 Å². The van der Waals surface area contributed by atoms with E-state index in [0.717, 1.165) is 23.3 Å². The van der Waals surface area contributed by atoms with Crippen LogP contribution in [0.2, 0.25) is 5.02 Å². The molecule has 0 radical (unpaired) electrons. The number of rotatable bonds is 9. The molecule has 1 saturated carbocycles. The van der Waals surface area contributed by atoms with Gasteiger partial charge in [0, 0.05) is 11.7 Å². The Labute approximate surface area is 206 Å². The summed E-state index contributed by atoms with van der Waals surface area (Å²) < 4.78 is 33.7. The average Bonchev–Trinajstić information content (AvgIpc) is 3.22. The van der Waals surface area contributed by atoms with Gasteiger partial charge in [-0.3, -0.25) is 0 Å². The molecule has 1 aliphatic rings. The lowest BCUT2D eigenvalue weighted by Crippen LogP contribution is -2.39. The maximum atomic E-state index is 12.9.